The first kappa shape index (κ1) is 13.5. The number of halogens is 2. The average molecular weight is 253 g/mol. The Labute approximate surface area is 108 Å². The normalized spacial score (nSPS) is 17.5. The summed E-state index contributed by atoms with van der Waals surface area (Å²) < 4.78 is 26.9. The van der Waals surface area contributed by atoms with E-state index in [-0.39, 0.29) is 5.41 Å². The molecule has 0 aromatic heterocycles. The van der Waals surface area contributed by atoms with Crippen LogP contribution in [0.15, 0.2) is 18.2 Å². The molecule has 0 saturated heterocycles. The molecule has 0 atom stereocenters. The van der Waals surface area contributed by atoms with Crippen LogP contribution in [0.4, 0.5) is 8.78 Å². The third kappa shape index (κ3) is 2.89. The van der Waals surface area contributed by atoms with E-state index in [2.05, 4.69) is 12.2 Å². The lowest BCUT2D eigenvalue weighted by atomic mass is 9.65. The molecule has 1 aliphatic carbocycles. The van der Waals surface area contributed by atoms with E-state index in [4.69, 9.17) is 0 Å². The van der Waals surface area contributed by atoms with Crippen LogP contribution >= 0.6 is 0 Å². The average Bonchev–Trinajstić information content (AvgIpc) is 2.31. The highest BCUT2D eigenvalue weighted by atomic mass is 19.2. The standard InChI is InChI=1S/C15H21F2N/c1-2-9-18-11-15(7-4-8-15)10-12-5-3-6-13(16)14(12)17/h3,5-6,18H,2,4,7-11H2,1H3. The third-order valence-corrected chi connectivity index (χ3v) is 3.94. The number of nitrogens with one attached hydrogen (secondary N) is 1. The fourth-order valence-electron chi connectivity index (χ4n) is 2.71. The predicted molar refractivity (Wildman–Crippen MR) is 69.5 cm³/mol. The zero-order valence-corrected chi connectivity index (χ0v) is 10.9. The number of rotatable bonds is 6. The van der Waals surface area contributed by atoms with E-state index in [0.717, 1.165) is 32.4 Å². The minimum absolute atomic E-state index is 0.143. The lowest BCUT2D eigenvalue weighted by molar-refractivity contribution is 0.128. The molecule has 0 unspecified atom stereocenters. The van der Waals surface area contributed by atoms with Gasteiger partial charge in [-0.25, -0.2) is 8.78 Å². The molecule has 1 fully saturated rings. The van der Waals surface area contributed by atoms with Crippen molar-refractivity contribution in [3.63, 3.8) is 0 Å². The van der Waals surface area contributed by atoms with Gasteiger partial charge in [0.15, 0.2) is 11.6 Å². The number of hydrogen-bond donors (Lipinski definition) is 1. The summed E-state index contributed by atoms with van der Waals surface area (Å²) in [6.07, 6.45) is 5.17. The Hall–Kier alpha value is -0.960. The molecular formula is C15H21F2N. The van der Waals surface area contributed by atoms with Crippen LogP contribution in [0.2, 0.25) is 0 Å². The van der Waals surface area contributed by atoms with Crippen LogP contribution in [-0.4, -0.2) is 13.1 Å². The van der Waals surface area contributed by atoms with Crippen molar-refractivity contribution in [2.75, 3.05) is 13.1 Å². The Kier molecular flexibility index (Phi) is 4.33. The van der Waals surface area contributed by atoms with Crippen LogP contribution in [0, 0.1) is 17.0 Å². The summed E-state index contributed by atoms with van der Waals surface area (Å²) in [6.45, 7) is 4.04. The molecule has 1 aromatic carbocycles. The first-order chi connectivity index (χ1) is 8.67. The van der Waals surface area contributed by atoms with Crippen molar-refractivity contribution in [1.82, 2.24) is 5.32 Å². The molecule has 0 spiro atoms. The minimum Gasteiger partial charge on any atom is -0.316 e. The van der Waals surface area contributed by atoms with E-state index in [0.29, 0.717) is 12.0 Å². The largest absolute Gasteiger partial charge is 0.316 e. The van der Waals surface area contributed by atoms with Gasteiger partial charge >= 0.3 is 0 Å². The van der Waals surface area contributed by atoms with E-state index in [9.17, 15) is 8.78 Å². The maximum atomic E-state index is 13.7. The second-order valence-corrected chi connectivity index (χ2v) is 5.42. The molecule has 1 aliphatic rings. The molecule has 100 valence electrons. The highest BCUT2D eigenvalue weighted by Gasteiger charge is 2.37. The van der Waals surface area contributed by atoms with Gasteiger partial charge in [0.25, 0.3) is 0 Å². The quantitative estimate of drug-likeness (QED) is 0.763. The van der Waals surface area contributed by atoms with E-state index in [1.807, 2.05) is 0 Å². The Balaban J connectivity index is 2.03. The molecule has 1 aromatic rings. The van der Waals surface area contributed by atoms with Crippen molar-refractivity contribution >= 4 is 0 Å². The Morgan fingerprint density at radius 1 is 1.28 bits per heavy atom. The van der Waals surface area contributed by atoms with E-state index in [1.165, 1.54) is 12.5 Å². The van der Waals surface area contributed by atoms with Crippen molar-refractivity contribution in [3.8, 4) is 0 Å². The molecule has 1 saturated carbocycles. The number of benzene rings is 1. The maximum Gasteiger partial charge on any atom is 0.162 e. The summed E-state index contributed by atoms with van der Waals surface area (Å²) in [5.41, 5.74) is 0.664. The fourth-order valence-corrected chi connectivity index (χ4v) is 2.71. The highest BCUT2D eigenvalue weighted by Crippen LogP contribution is 2.43. The summed E-state index contributed by atoms with van der Waals surface area (Å²) >= 11 is 0. The van der Waals surface area contributed by atoms with E-state index < -0.39 is 11.6 Å². The van der Waals surface area contributed by atoms with Gasteiger partial charge in [0.2, 0.25) is 0 Å². The second-order valence-electron chi connectivity index (χ2n) is 5.42. The molecule has 0 radical (unpaired) electrons. The van der Waals surface area contributed by atoms with Crippen molar-refractivity contribution in [2.45, 2.75) is 39.0 Å². The smallest absolute Gasteiger partial charge is 0.162 e. The van der Waals surface area contributed by atoms with Gasteiger partial charge in [-0.1, -0.05) is 25.5 Å². The molecule has 18 heavy (non-hydrogen) atoms. The van der Waals surface area contributed by atoms with E-state index >= 15 is 0 Å². The van der Waals surface area contributed by atoms with Crippen molar-refractivity contribution < 1.29 is 8.78 Å². The molecule has 3 heteroatoms. The van der Waals surface area contributed by atoms with Crippen LogP contribution in [0.1, 0.15) is 38.2 Å². The van der Waals surface area contributed by atoms with Crippen LogP contribution < -0.4 is 5.32 Å². The maximum absolute atomic E-state index is 13.7. The molecule has 0 heterocycles. The summed E-state index contributed by atoms with van der Waals surface area (Å²) in [6, 6.07) is 4.49. The lowest BCUT2D eigenvalue weighted by Gasteiger charge is -2.42. The van der Waals surface area contributed by atoms with Gasteiger partial charge in [-0.3, -0.25) is 0 Å². The van der Waals surface area contributed by atoms with Crippen LogP contribution in [-0.2, 0) is 6.42 Å². The van der Waals surface area contributed by atoms with Gasteiger partial charge in [-0.05, 0) is 49.3 Å². The van der Waals surface area contributed by atoms with Crippen LogP contribution in [0.5, 0.6) is 0 Å². The summed E-state index contributed by atoms with van der Waals surface area (Å²) in [7, 11) is 0. The molecule has 0 bridgehead atoms. The summed E-state index contributed by atoms with van der Waals surface area (Å²) in [4.78, 5) is 0. The van der Waals surface area contributed by atoms with Gasteiger partial charge in [-0.15, -0.1) is 0 Å². The molecular weight excluding hydrogens is 232 g/mol. The van der Waals surface area contributed by atoms with Gasteiger partial charge in [0, 0.05) is 6.54 Å². The zero-order valence-electron chi connectivity index (χ0n) is 10.9. The molecule has 1 nitrogen and oxygen atoms in total. The third-order valence-electron chi connectivity index (χ3n) is 3.94. The lowest BCUT2D eigenvalue weighted by Crippen LogP contribution is -2.42. The topological polar surface area (TPSA) is 12.0 Å². The van der Waals surface area contributed by atoms with Gasteiger partial charge in [0.05, 0.1) is 0 Å². The molecule has 1 N–H and O–H groups in total. The Bertz CT molecular complexity index is 399. The summed E-state index contributed by atoms with van der Waals surface area (Å²) in [5.74, 6) is -1.40. The minimum atomic E-state index is -0.733. The van der Waals surface area contributed by atoms with Crippen molar-refractivity contribution in [3.05, 3.63) is 35.4 Å². The van der Waals surface area contributed by atoms with Crippen LogP contribution in [0.3, 0.4) is 0 Å². The molecule has 0 amide bonds. The predicted octanol–water partition coefficient (Wildman–Crippen LogP) is 3.68. The van der Waals surface area contributed by atoms with Gasteiger partial charge < -0.3 is 5.32 Å². The Morgan fingerprint density at radius 3 is 2.67 bits per heavy atom. The van der Waals surface area contributed by atoms with E-state index in [1.54, 1.807) is 12.1 Å². The second kappa shape index (κ2) is 5.79. The fraction of sp³-hybridized carbons (Fsp3) is 0.600. The Morgan fingerprint density at radius 2 is 2.06 bits per heavy atom. The monoisotopic (exact) mass is 253 g/mol. The van der Waals surface area contributed by atoms with Gasteiger partial charge in [0.1, 0.15) is 0 Å². The van der Waals surface area contributed by atoms with Crippen molar-refractivity contribution in [1.29, 1.82) is 0 Å². The first-order valence-corrected chi connectivity index (χ1v) is 6.80. The summed E-state index contributed by atoms with van der Waals surface area (Å²) in [5, 5.41) is 3.42. The zero-order chi connectivity index (χ0) is 13.0. The van der Waals surface area contributed by atoms with Crippen LogP contribution in [0.25, 0.3) is 0 Å². The SMILES string of the molecule is CCCNCC1(Cc2cccc(F)c2F)CCC1. The highest BCUT2D eigenvalue weighted by molar-refractivity contribution is 5.21. The first-order valence-electron chi connectivity index (χ1n) is 6.80. The molecule has 2 rings (SSSR count). The molecule has 0 aliphatic heterocycles. The van der Waals surface area contributed by atoms with Crippen molar-refractivity contribution in [2.24, 2.45) is 5.41 Å². The van der Waals surface area contributed by atoms with Gasteiger partial charge in [-0.2, -0.15) is 0 Å². The number of hydrogen-bond acceptors (Lipinski definition) is 1.